The molecule has 4 N–H and O–H groups in total. The fourth-order valence-electron chi connectivity index (χ4n) is 1.92. The number of carbonyl (C=O) groups excluding carboxylic acids is 1. The van der Waals surface area contributed by atoms with Crippen molar-refractivity contribution in [1.82, 2.24) is 5.32 Å². The zero-order valence-electron chi connectivity index (χ0n) is 11.3. The molecule has 1 atom stereocenters. The van der Waals surface area contributed by atoms with E-state index in [9.17, 15) is 9.90 Å². The molecule has 4 nitrogen and oxygen atoms in total. The molecule has 0 fully saturated rings. The van der Waals surface area contributed by atoms with Gasteiger partial charge in [0.05, 0.1) is 17.5 Å². The van der Waals surface area contributed by atoms with E-state index >= 15 is 0 Å². The van der Waals surface area contributed by atoms with Crippen LogP contribution in [0.4, 0.5) is 5.69 Å². The second-order valence-corrected chi connectivity index (χ2v) is 5.92. The number of thiophene rings is 1. The summed E-state index contributed by atoms with van der Waals surface area (Å²) in [5, 5.41) is 12.2. The molecule has 0 radical (unpaired) electrons. The van der Waals surface area contributed by atoms with Crippen molar-refractivity contribution in [2.45, 2.75) is 19.4 Å². The van der Waals surface area contributed by atoms with E-state index in [0.29, 0.717) is 17.0 Å². The van der Waals surface area contributed by atoms with Crippen LogP contribution in [0.3, 0.4) is 0 Å². The van der Waals surface area contributed by atoms with Gasteiger partial charge >= 0.3 is 0 Å². The third-order valence-electron chi connectivity index (χ3n) is 3.06. The molecule has 0 aliphatic heterocycles. The second-order valence-electron chi connectivity index (χ2n) is 4.66. The summed E-state index contributed by atoms with van der Waals surface area (Å²) in [7, 11) is 0. The number of nitrogens with one attached hydrogen (secondary N) is 1. The van der Waals surface area contributed by atoms with Gasteiger partial charge in [0.25, 0.3) is 5.91 Å². The molecule has 1 heterocycles. The normalized spacial score (nSPS) is 12.1. The summed E-state index contributed by atoms with van der Waals surface area (Å²) in [6.07, 6.45) is 0.600. The standard InChI is InChI=1S/C15H18N2O2S/c1-10-13(16)8-14(20-10)15(19)17-12(9-18)7-11-5-3-2-4-6-11/h2-6,8,12,18H,7,9,16H2,1H3,(H,17,19)/t12-/m1/s1. The molecule has 1 aromatic heterocycles. The van der Waals surface area contributed by atoms with Crippen molar-refractivity contribution in [2.75, 3.05) is 12.3 Å². The number of amides is 1. The Labute approximate surface area is 122 Å². The number of aryl methyl sites for hydroxylation is 1. The highest BCUT2D eigenvalue weighted by molar-refractivity contribution is 7.14. The molecule has 0 spiro atoms. The average Bonchev–Trinajstić information content (AvgIpc) is 2.79. The summed E-state index contributed by atoms with van der Waals surface area (Å²) in [6, 6.07) is 11.1. The van der Waals surface area contributed by atoms with Crippen LogP contribution in [0.1, 0.15) is 20.1 Å². The highest BCUT2D eigenvalue weighted by Crippen LogP contribution is 2.23. The highest BCUT2D eigenvalue weighted by Gasteiger charge is 2.16. The third-order valence-corrected chi connectivity index (χ3v) is 4.13. The van der Waals surface area contributed by atoms with Crippen molar-refractivity contribution in [3.05, 3.63) is 51.7 Å². The molecule has 2 rings (SSSR count). The molecule has 0 bridgehead atoms. The first-order chi connectivity index (χ1) is 9.60. The highest BCUT2D eigenvalue weighted by atomic mass is 32.1. The summed E-state index contributed by atoms with van der Waals surface area (Å²) in [5.41, 5.74) is 7.45. The van der Waals surface area contributed by atoms with Crippen LogP contribution in [0, 0.1) is 6.92 Å². The largest absolute Gasteiger partial charge is 0.398 e. The molecular formula is C15H18N2O2S. The molecule has 2 aromatic rings. The fourth-order valence-corrected chi connectivity index (χ4v) is 2.77. The molecule has 1 aromatic carbocycles. The lowest BCUT2D eigenvalue weighted by atomic mass is 10.1. The van der Waals surface area contributed by atoms with Crippen molar-refractivity contribution in [2.24, 2.45) is 0 Å². The number of hydrogen-bond acceptors (Lipinski definition) is 4. The van der Waals surface area contributed by atoms with Crippen molar-refractivity contribution < 1.29 is 9.90 Å². The maximum absolute atomic E-state index is 12.1. The van der Waals surface area contributed by atoms with Gasteiger partial charge in [0.2, 0.25) is 0 Å². The van der Waals surface area contributed by atoms with Crippen LogP contribution in [0.15, 0.2) is 36.4 Å². The van der Waals surface area contributed by atoms with E-state index < -0.39 is 0 Å². The van der Waals surface area contributed by atoms with Crippen LogP contribution in [0.5, 0.6) is 0 Å². The monoisotopic (exact) mass is 290 g/mol. The quantitative estimate of drug-likeness (QED) is 0.788. The molecule has 0 saturated heterocycles. The van der Waals surface area contributed by atoms with Crippen LogP contribution in [-0.4, -0.2) is 23.7 Å². The van der Waals surface area contributed by atoms with Crippen LogP contribution in [-0.2, 0) is 6.42 Å². The maximum Gasteiger partial charge on any atom is 0.261 e. The zero-order chi connectivity index (χ0) is 14.5. The Balaban J connectivity index is 2.01. The van der Waals surface area contributed by atoms with Gasteiger partial charge < -0.3 is 16.2 Å². The summed E-state index contributed by atoms with van der Waals surface area (Å²) < 4.78 is 0. The van der Waals surface area contributed by atoms with Gasteiger partial charge in [-0.1, -0.05) is 30.3 Å². The van der Waals surface area contributed by atoms with Crippen molar-refractivity contribution in [3.63, 3.8) is 0 Å². The minimum absolute atomic E-state index is 0.0968. The van der Waals surface area contributed by atoms with Gasteiger partial charge in [0, 0.05) is 10.6 Å². The van der Waals surface area contributed by atoms with Gasteiger partial charge in [0.15, 0.2) is 0 Å². The number of nitrogen functional groups attached to an aromatic ring is 1. The predicted octanol–water partition coefficient (Wildman–Crippen LogP) is 1.97. The Hall–Kier alpha value is -1.85. The fraction of sp³-hybridized carbons (Fsp3) is 0.267. The minimum atomic E-state index is -0.298. The topological polar surface area (TPSA) is 75.3 Å². The molecule has 0 saturated carbocycles. The minimum Gasteiger partial charge on any atom is -0.398 e. The third kappa shape index (κ3) is 3.59. The molecule has 0 aliphatic carbocycles. The predicted molar refractivity (Wildman–Crippen MR) is 82.0 cm³/mol. The van der Waals surface area contributed by atoms with Gasteiger partial charge in [-0.15, -0.1) is 11.3 Å². The maximum atomic E-state index is 12.1. The van der Waals surface area contributed by atoms with E-state index in [1.165, 1.54) is 11.3 Å². The van der Waals surface area contributed by atoms with E-state index in [-0.39, 0.29) is 18.6 Å². The number of hydrogen-bond donors (Lipinski definition) is 3. The average molecular weight is 290 g/mol. The first-order valence-corrected chi connectivity index (χ1v) is 7.23. The van der Waals surface area contributed by atoms with Gasteiger partial charge in [-0.05, 0) is 25.0 Å². The van der Waals surface area contributed by atoms with Gasteiger partial charge in [-0.2, -0.15) is 0 Å². The molecule has 1 amide bonds. The first-order valence-electron chi connectivity index (χ1n) is 6.41. The number of carbonyl (C=O) groups is 1. The lowest BCUT2D eigenvalue weighted by Crippen LogP contribution is -2.38. The summed E-state index contributed by atoms with van der Waals surface area (Å²) in [6.45, 7) is 1.78. The van der Waals surface area contributed by atoms with Gasteiger partial charge in [-0.25, -0.2) is 0 Å². The Bertz CT molecular complexity index is 561. The number of benzene rings is 1. The van der Waals surface area contributed by atoms with Crippen molar-refractivity contribution in [1.29, 1.82) is 0 Å². The molecular weight excluding hydrogens is 272 g/mol. The Morgan fingerprint density at radius 3 is 2.65 bits per heavy atom. The Morgan fingerprint density at radius 2 is 2.10 bits per heavy atom. The number of nitrogens with two attached hydrogens (primary N) is 1. The molecule has 106 valence electrons. The summed E-state index contributed by atoms with van der Waals surface area (Å²) >= 11 is 1.36. The van der Waals surface area contributed by atoms with E-state index in [2.05, 4.69) is 5.32 Å². The molecule has 5 heteroatoms. The van der Waals surface area contributed by atoms with Crippen molar-refractivity contribution >= 4 is 22.9 Å². The Kier molecular flexibility index (Phi) is 4.76. The van der Waals surface area contributed by atoms with Crippen LogP contribution in [0.2, 0.25) is 0 Å². The summed E-state index contributed by atoms with van der Waals surface area (Å²) in [5.74, 6) is -0.190. The van der Waals surface area contributed by atoms with Crippen LogP contribution >= 0.6 is 11.3 Å². The molecule has 0 unspecified atom stereocenters. The van der Waals surface area contributed by atoms with E-state index in [0.717, 1.165) is 10.4 Å². The molecule has 20 heavy (non-hydrogen) atoms. The van der Waals surface area contributed by atoms with Crippen LogP contribution in [0.25, 0.3) is 0 Å². The lowest BCUT2D eigenvalue weighted by Gasteiger charge is -2.15. The zero-order valence-corrected chi connectivity index (χ0v) is 12.1. The van der Waals surface area contributed by atoms with Gasteiger partial charge in [0.1, 0.15) is 0 Å². The number of aliphatic hydroxyl groups excluding tert-OH is 1. The summed E-state index contributed by atoms with van der Waals surface area (Å²) in [4.78, 5) is 13.6. The SMILES string of the molecule is Cc1sc(C(=O)N[C@@H](CO)Cc2ccccc2)cc1N. The lowest BCUT2D eigenvalue weighted by molar-refractivity contribution is 0.0920. The van der Waals surface area contributed by atoms with E-state index in [1.807, 2.05) is 37.3 Å². The smallest absolute Gasteiger partial charge is 0.261 e. The first kappa shape index (κ1) is 14.6. The number of anilines is 1. The van der Waals surface area contributed by atoms with E-state index in [4.69, 9.17) is 5.73 Å². The van der Waals surface area contributed by atoms with Crippen LogP contribution < -0.4 is 11.1 Å². The van der Waals surface area contributed by atoms with Gasteiger partial charge in [-0.3, -0.25) is 4.79 Å². The number of rotatable bonds is 5. The Morgan fingerprint density at radius 1 is 1.40 bits per heavy atom. The molecule has 0 aliphatic rings. The van der Waals surface area contributed by atoms with Crippen molar-refractivity contribution in [3.8, 4) is 0 Å². The van der Waals surface area contributed by atoms with E-state index in [1.54, 1.807) is 6.07 Å². The number of aliphatic hydroxyl groups is 1. The second kappa shape index (κ2) is 6.54.